The number of carbonyl (C=O) groups excluding carboxylic acids is 1. The fraction of sp³-hybridized carbons (Fsp3) is 0.269. The minimum atomic E-state index is -3.81. The molecule has 1 saturated heterocycles. The van der Waals surface area contributed by atoms with Gasteiger partial charge in [-0.05, 0) is 55.8 Å². The Labute approximate surface area is 206 Å². The molecule has 1 aliphatic rings. The summed E-state index contributed by atoms with van der Waals surface area (Å²) >= 11 is 6.19. The highest BCUT2D eigenvalue weighted by Crippen LogP contribution is 2.29. The van der Waals surface area contributed by atoms with Gasteiger partial charge in [-0.1, -0.05) is 47.5 Å². The number of rotatable bonds is 5. The Hall–Kier alpha value is -3.03. The summed E-state index contributed by atoms with van der Waals surface area (Å²) in [7, 11) is -2.32. The van der Waals surface area contributed by atoms with Crippen molar-refractivity contribution in [2.45, 2.75) is 18.7 Å². The lowest BCUT2D eigenvalue weighted by molar-refractivity contribution is 0.0747. The Bertz CT molecular complexity index is 1300. The number of para-hydroxylation sites is 1. The molecule has 1 amide bonds. The normalized spacial score (nSPS) is 14.2. The molecule has 3 aromatic rings. The maximum atomic E-state index is 13.5. The number of sulfonamides is 1. The summed E-state index contributed by atoms with van der Waals surface area (Å²) in [5.74, 6) is -0.177. The van der Waals surface area contributed by atoms with Crippen LogP contribution < -0.4 is 9.21 Å². The summed E-state index contributed by atoms with van der Waals surface area (Å²) in [4.78, 5) is 17.7. The zero-order valence-corrected chi connectivity index (χ0v) is 21.1. The lowest BCUT2D eigenvalue weighted by atomic mass is 10.1. The van der Waals surface area contributed by atoms with E-state index >= 15 is 0 Å². The molecule has 0 atom stereocenters. The molecule has 0 aromatic heterocycles. The van der Waals surface area contributed by atoms with Gasteiger partial charge in [0.25, 0.3) is 15.9 Å². The number of carbonyl (C=O) groups is 1. The molecule has 1 aliphatic heterocycles. The third-order valence-corrected chi connectivity index (χ3v) is 8.25. The van der Waals surface area contributed by atoms with Crippen LogP contribution in [0, 0.1) is 13.8 Å². The molecule has 0 N–H and O–H groups in total. The Kier molecular flexibility index (Phi) is 6.86. The van der Waals surface area contributed by atoms with Crippen LogP contribution in [-0.4, -0.2) is 52.5 Å². The molecule has 1 fully saturated rings. The zero-order chi connectivity index (χ0) is 24.5. The van der Waals surface area contributed by atoms with Crippen LogP contribution in [-0.2, 0) is 10.0 Å². The quantitative estimate of drug-likeness (QED) is 0.510. The summed E-state index contributed by atoms with van der Waals surface area (Å²) in [5.41, 5.74) is 3.92. The van der Waals surface area contributed by atoms with Crippen LogP contribution in [0.3, 0.4) is 0 Å². The van der Waals surface area contributed by atoms with Gasteiger partial charge in [0.2, 0.25) is 0 Å². The average Bonchev–Trinajstić information content (AvgIpc) is 2.85. The molecule has 6 nitrogen and oxygen atoms in total. The fourth-order valence-corrected chi connectivity index (χ4v) is 5.55. The van der Waals surface area contributed by atoms with Crippen molar-refractivity contribution < 1.29 is 13.2 Å². The summed E-state index contributed by atoms with van der Waals surface area (Å²) < 4.78 is 27.7. The van der Waals surface area contributed by atoms with Gasteiger partial charge in [-0.25, -0.2) is 8.42 Å². The van der Waals surface area contributed by atoms with E-state index in [1.807, 2.05) is 32.0 Å². The first-order chi connectivity index (χ1) is 16.2. The van der Waals surface area contributed by atoms with E-state index in [1.165, 1.54) is 11.4 Å². The van der Waals surface area contributed by atoms with Gasteiger partial charge < -0.3 is 9.80 Å². The Morgan fingerprint density at radius 1 is 0.912 bits per heavy atom. The largest absolute Gasteiger partial charge is 0.368 e. The predicted octanol–water partition coefficient (Wildman–Crippen LogP) is 4.74. The van der Waals surface area contributed by atoms with Gasteiger partial charge in [0.15, 0.2) is 0 Å². The SMILES string of the molecule is Cc1ccc(S(=O)(=O)N(C)c2ccccc2C(=O)N2CCN(c3cc(Cl)ccc3C)CC2)cc1. The number of hydrogen-bond acceptors (Lipinski definition) is 4. The van der Waals surface area contributed by atoms with E-state index < -0.39 is 10.0 Å². The molecule has 0 unspecified atom stereocenters. The number of hydrogen-bond donors (Lipinski definition) is 0. The van der Waals surface area contributed by atoms with E-state index in [-0.39, 0.29) is 10.8 Å². The number of benzene rings is 3. The summed E-state index contributed by atoms with van der Waals surface area (Å²) in [5, 5.41) is 0.686. The zero-order valence-electron chi connectivity index (χ0n) is 19.5. The van der Waals surface area contributed by atoms with Crippen LogP contribution in [0.1, 0.15) is 21.5 Å². The van der Waals surface area contributed by atoms with Crippen LogP contribution in [0.4, 0.5) is 11.4 Å². The molecular formula is C26H28ClN3O3S. The van der Waals surface area contributed by atoms with Gasteiger partial charge in [-0.2, -0.15) is 0 Å². The first kappa shape index (κ1) is 24.1. The van der Waals surface area contributed by atoms with E-state index in [2.05, 4.69) is 4.90 Å². The second kappa shape index (κ2) is 9.68. The van der Waals surface area contributed by atoms with Crippen LogP contribution in [0.25, 0.3) is 0 Å². The first-order valence-electron chi connectivity index (χ1n) is 11.1. The van der Waals surface area contributed by atoms with Crippen molar-refractivity contribution in [3.63, 3.8) is 0 Å². The number of piperazine rings is 1. The highest BCUT2D eigenvalue weighted by Gasteiger charge is 2.29. The van der Waals surface area contributed by atoms with Crippen LogP contribution in [0.15, 0.2) is 71.6 Å². The van der Waals surface area contributed by atoms with Crippen LogP contribution >= 0.6 is 11.6 Å². The van der Waals surface area contributed by atoms with Crippen molar-refractivity contribution in [3.05, 3.63) is 88.4 Å². The molecule has 8 heteroatoms. The van der Waals surface area contributed by atoms with Crippen molar-refractivity contribution in [2.75, 3.05) is 42.4 Å². The maximum Gasteiger partial charge on any atom is 0.264 e. The molecule has 3 aromatic carbocycles. The van der Waals surface area contributed by atoms with Crippen molar-refractivity contribution in [3.8, 4) is 0 Å². The second-order valence-electron chi connectivity index (χ2n) is 8.51. The first-order valence-corrected chi connectivity index (χ1v) is 13.0. The number of aryl methyl sites for hydroxylation is 2. The number of nitrogens with zero attached hydrogens (tertiary/aromatic N) is 3. The van der Waals surface area contributed by atoms with Crippen molar-refractivity contribution in [1.29, 1.82) is 0 Å². The molecular weight excluding hydrogens is 470 g/mol. The van der Waals surface area contributed by atoms with Crippen LogP contribution in [0.5, 0.6) is 0 Å². The van der Waals surface area contributed by atoms with E-state index in [0.717, 1.165) is 16.8 Å². The summed E-state index contributed by atoms with van der Waals surface area (Å²) in [6.07, 6.45) is 0. The maximum absolute atomic E-state index is 13.5. The Balaban J connectivity index is 1.54. The molecule has 34 heavy (non-hydrogen) atoms. The second-order valence-corrected chi connectivity index (χ2v) is 10.9. The van der Waals surface area contributed by atoms with Crippen molar-refractivity contribution in [2.24, 2.45) is 0 Å². The third kappa shape index (κ3) is 4.76. The third-order valence-electron chi connectivity index (χ3n) is 6.23. The molecule has 1 heterocycles. The molecule has 0 radical (unpaired) electrons. The number of halogens is 1. The molecule has 0 aliphatic carbocycles. The smallest absolute Gasteiger partial charge is 0.264 e. The van der Waals surface area contributed by atoms with Gasteiger partial charge in [0, 0.05) is 43.9 Å². The number of anilines is 2. The summed E-state index contributed by atoms with van der Waals surface area (Å²) in [6.45, 7) is 6.37. The molecule has 0 spiro atoms. The molecule has 0 bridgehead atoms. The Morgan fingerprint density at radius 3 is 2.24 bits per heavy atom. The fourth-order valence-electron chi connectivity index (χ4n) is 4.17. The summed E-state index contributed by atoms with van der Waals surface area (Å²) in [6, 6.07) is 19.4. The van der Waals surface area contributed by atoms with Crippen LogP contribution in [0.2, 0.25) is 5.02 Å². The van der Waals surface area contributed by atoms with E-state index in [4.69, 9.17) is 11.6 Å². The lowest BCUT2D eigenvalue weighted by Gasteiger charge is -2.37. The van der Waals surface area contributed by atoms with Crippen molar-refractivity contribution in [1.82, 2.24) is 4.90 Å². The molecule has 4 rings (SSSR count). The van der Waals surface area contributed by atoms with E-state index in [0.29, 0.717) is 42.5 Å². The minimum absolute atomic E-state index is 0.177. The Morgan fingerprint density at radius 2 is 1.56 bits per heavy atom. The van der Waals surface area contributed by atoms with E-state index in [9.17, 15) is 13.2 Å². The van der Waals surface area contributed by atoms with Gasteiger partial charge in [0.05, 0.1) is 16.1 Å². The van der Waals surface area contributed by atoms with Gasteiger partial charge >= 0.3 is 0 Å². The van der Waals surface area contributed by atoms with Gasteiger partial charge in [0.1, 0.15) is 0 Å². The van der Waals surface area contributed by atoms with Gasteiger partial charge in [-0.15, -0.1) is 0 Å². The monoisotopic (exact) mass is 497 g/mol. The minimum Gasteiger partial charge on any atom is -0.368 e. The van der Waals surface area contributed by atoms with Gasteiger partial charge in [-0.3, -0.25) is 9.10 Å². The highest BCUT2D eigenvalue weighted by atomic mass is 35.5. The molecule has 0 saturated carbocycles. The molecule has 178 valence electrons. The topological polar surface area (TPSA) is 60.9 Å². The number of amides is 1. The van der Waals surface area contributed by atoms with Crippen molar-refractivity contribution >= 4 is 38.9 Å². The standard InChI is InChI=1S/C26H28ClN3O3S/c1-19-8-12-22(13-9-19)34(32,33)28(3)24-7-5-4-6-23(24)26(31)30-16-14-29(15-17-30)25-18-21(27)11-10-20(25)2/h4-13,18H,14-17H2,1-3H3. The average molecular weight is 498 g/mol. The predicted molar refractivity (Wildman–Crippen MR) is 138 cm³/mol. The van der Waals surface area contributed by atoms with E-state index in [1.54, 1.807) is 53.4 Å². The lowest BCUT2D eigenvalue weighted by Crippen LogP contribution is -2.49. The highest BCUT2D eigenvalue weighted by molar-refractivity contribution is 7.92.